The van der Waals surface area contributed by atoms with Crippen LogP contribution in [0.2, 0.25) is 0 Å². The molecule has 0 amide bonds. The number of nitrogens with one attached hydrogen (secondary N) is 1. The van der Waals surface area contributed by atoms with Crippen molar-refractivity contribution in [3.63, 3.8) is 0 Å². The van der Waals surface area contributed by atoms with Gasteiger partial charge in [-0.15, -0.1) is 0 Å². The van der Waals surface area contributed by atoms with Gasteiger partial charge in [-0.3, -0.25) is 0 Å². The number of rotatable bonds is 2. The average molecular weight is 272 g/mol. The first-order valence-electron chi connectivity index (χ1n) is 5.14. The summed E-state index contributed by atoms with van der Waals surface area (Å²) in [5.41, 5.74) is 1.04. The van der Waals surface area contributed by atoms with Crippen molar-refractivity contribution in [2.75, 3.05) is 12.4 Å². The van der Waals surface area contributed by atoms with Crippen LogP contribution in [-0.4, -0.2) is 17.0 Å². The molecule has 0 aromatic carbocycles. The number of hydrogen-bond donors (Lipinski definition) is 1. The molecule has 3 nitrogen and oxygen atoms in total. The summed E-state index contributed by atoms with van der Waals surface area (Å²) in [5, 5.41) is 3.08. The molecule has 1 N–H and O–H groups in total. The van der Waals surface area contributed by atoms with Gasteiger partial charge < -0.3 is 5.32 Å². The summed E-state index contributed by atoms with van der Waals surface area (Å²) in [6, 6.07) is 0. The lowest BCUT2D eigenvalue weighted by molar-refractivity contribution is 0.542. The van der Waals surface area contributed by atoms with Crippen molar-refractivity contribution in [3.8, 4) is 0 Å². The highest BCUT2D eigenvalue weighted by molar-refractivity contribution is 9.10. The van der Waals surface area contributed by atoms with Crippen LogP contribution in [0, 0.1) is 0 Å². The van der Waals surface area contributed by atoms with Crippen LogP contribution >= 0.6 is 15.9 Å². The van der Waals surface area contributed by atoms with E-state index in [0.29, 0.717) is 0 Å². The predicted octanol–water partition coefficient (Wildman–Crippen LogP) is 3.14. The Kier molecular flexibility index (Phi) is 3.71. The highest BCUT2D eigenvalue weighted by Gasteiger charge is 2.20. The number of hydrogen-bond acceptors (Lipinski definition) is 3. The molecule has 84 valence electrons. The monoisotopic (exact) mass is 271 g/mol. The predicted molar refractivity (Wildman–Crippen MR) is 67.4 cm³/mol. The van der Waals surface area contributed by atoms with Crippen molar-refractivity contribution in [3.05, 3.63) is 16.0 Å². The third-order valence-electron chi connectivity index (χ3n) is 2.16. The quantitative estimate of drug-likeness (QED) is 0.898. The van der Waals surface area contributed by atoms with E-state index < -0.39 is 0 Å². The van der Waals surface area contributed by atoms with Crippen LogP contribution in [0.15, 0.2) is 4.47 Å². The summed E-state index contributed by atoms with van der Waals surface area (Å²) in [7, 11) is 1.87. The maximum Gasteiger partial charge on any atom is 0.144 e. The molecule has 0 aliphatic heterocycles. The minimum atomic E-state index is -0.0176. The molecule has 0 aliphatic rings. The van der Waals surface area contributed by atoms with Crippen LogP contribution < -0.4 is 5.32 Å². The van der Waals surface area contributed by atoms with Gasteiger partial charge in [0.05, 0.1) is 10.2 Å². The van der Waals surface area contributed by atoms with E-state index in [1.54, 1.807) is 0 Å². The van der Waals surface area contributed by atoms with E-state index in [-0.39, 0.29) is 5.41 Å². The van der Waals surface area contributed by atoms with Crippen LogP contribution in [0.5, 0.6) is 0 Å². The number of aryl methyl sites for hydroxylation is 1. The zero-order chi connectivity index (χ0) is 11.6. The summed E-state index contributed by atoms with van der Waals surface area (Å²) >= 11 is 3.51. The fourth-order valence-corrected chi connectivity index (χ4v) is 1.88. The smallest absolute Gasteiger partial charge is 0.144 e. The molecule has 1 heterocycles. The summed E-state index contributed by atoms with van der Waals surface area (Å²) in [6.07, 6.45) is 0.904. The lowest BCUT2D eigenvalue weighted by atomic mass is 9.95. The Bertz CT molecular complexity index is 330. The topological polar surface area (TPSA) is 37.8 Å². The number of nitrogens with zero attached hydrogens (tertiary/aromatic N) is 2. The van der Waals surface area contributed by atoms with E-state index in [1.807, 2.05) is 7.05 Å². The second-order valence-corrected chi connectivity index (χ2v) is 5.30. The van der Waals surface area contributed by atoms with E-state index in [1.165, 1.54) is 0 Å². The first kappa shape index (κ1) is 12.4. The minimum Gasteiger partial charge on any atom is -0.372 e. The normalized spacial score (nSPS) is 11.6. The maximum atomic E-state index is 4.57. The van der Waals surface area contributed by atoms with Gasteiger partial charge in [0.15, 0.2) is 0 Å². The minimum absolute atomic E-state index is 0.0176. The molecule has 0 spiro atoms. The van der Waals surface area contributed by atoms with Crippen LogP contribution in [0.4, 0.5) is 5.82 Å². The fraction of sp³-hybridized carbons (Fsp3) is 0.636. The highest BCUT2D eigenvalue weighted by atomic mass is 79.9. The maximum absolute atomic E-state index is 4.57. The Morgan fingerprint density at radius 2 is 1.87 bits per heavy atom. The third kappa shape index (κ3) is 2.68. The van der Waals surface area contributed by atoms with E-state index >= 15 is 0 Å². The molecule has 4 heteroatoms. The van der Waals surface area contributed by atoms with Crippen LogP contribution in [-0.2, 0) is 11.8 Å². The van der Waals surface area contributed by atoms with E-state index in [4.69, 9.17) is 0 Å². The molecule has 0 atom stereocenters. The van der Waals surface area contributed by atoms with Crippen molar-refractivity contribution in [2.24, 2.45) is 0 Å². The number of anilines is 1. The Balaban J connectivity index is 3.33. The zero-order valence-corrected chi connectivity index (χ0v) is 11.6. The number of halogens is 1. The molecule has 0 unspecified atom stereocenters. The van der Waals surface area contributed by atoms with Gasteiger partial charge in [0.25, 0.3) is 0 Å². The zero-order valence-electron chi connectivity index (χ0n) is 9.98. The van der Waals surface area contributed by atoms with Gasteiger partial charge in [-0.2, -0.15) is 0 Å². The molecule has 0 saturated heterocycles. The van der Waals surface area contributed by atoms with Crippen molar-refractivity contribution in [2.45, 2.75) is 39.5 Å². The van der Waals surface area contributed by atoms with Crippen molar-refractivity contribution in [1.82, 2.24) is 9.97 Å². The molecule has 0 fully saturated rings. The average Bonchev–Trinajstić information content (AvgIpc) is 2.16. The number of aromatic nitrogens is 2. The van der Waals surface area contributed by atoms with Gasteiger partial charge in [-0.05, 0) is 22.4 Å². The van der Waals surface area contributed by atoms with Gasteiger partial charge in [0, 0.05) is 12.5 Å². The van der Waals surface area contributed by atoms with Gasteiger partial charge in [-0.25, -0.2) is 9.97 Å². The summed E-state index contributed by atoms with van der Waals surface area (Å²) in [5.74, 6) is 1.75. The first-order chi connectivity index (χ1) is 6.90. The summed E-state index contributed by atoms with van der Waals surface area (Å²) < 4.78 is 0.973. The van der Waals surface area contributed by atoms with Gasteiger partial charge in [0.1, 0.15) is 11.6 Å². The lowest BCUT2D eigenvalue weighted by Crippen LogP contribution is -2.18. The van der Waals surface area contributed by atoms with Crippen LogP contribution in [0.1, 0.15) is 39.2 Å². The lowest BCUT2D eigenvalue weighted by Gasteiger charge is -2.19. The Labute approximate surface area is 99.8 Å². The molecule has 15 heavy (non-hydrogen) atoms. The van der Waals surface area contributed by atoms with Gasteiger partial charge >= 0.3 is 0 Å². The van der Waals surface area contributed by atoms with E-state index in [9.17, 15) is 0 Å². The van der Waals surface area contributed by atoms with Crippen molar-refractivity contribution >= 4 is 21.7 Å². The molecule has 0 radical (unpaired) electrons. The van der Waals surface area contributed by atoms with E-state index in [0.717, 1.165) is 28.2 Å². The Hall–Kier alpha value is -0.640. The second kappa shape index (κ2) is 4.47. The largest absolute Gasteiger partial charge is 0.372 e. The molecule has 0 aliphatic carbocycles. The molecular weight excluding hydrogens is 254 g/mol. The third-order valence-corrected chi connectivity index (χ3v) is 3.00. The van der Waals surface area contributed by atoms with E-state index in [2.05, 4.69) is 58.9 Å². The fourth-order valence-electron chi connectivity index (χ4n) is 1.23. The summed E-state index contributed by atoms with van der Waals surface area (Å²) in [6.45, 7) is 8.46. The molecule has 0 saturated carbocycles. The Morgan fingerprint density at radius 1 is 1.27 bits per heavy atom. The molecular formula is C11H18BrN3. The summed E-state index contributed by atoms with van der Waals surface area (Å²) in [4.78, 5) is 9.07. The standard InChI is InChI=1S/C11H18BrN3/c1-6-7-8(12)9(13-5)15-10(14-7)11(2,3)4/h6H2,1-5H3,(H,13,14,15). The van der Waals surface area contributed by atoms with Crippen LogP contribution in [0.3, 0.4) is 0 Å². The second-order valence-electron chi connectivity index (χ2n) is 4.51. The molecule has 1 rings (SSSR count). The Morgan fingerprint density at radius 3 is 2.27 bits per heavy atom. The van der Waals surface area contributed by atoms with Crippen molar-refractivity contribution < 1.29 is 0 Å². The van der Waals surface area contributed by atoms with Gasteiger partial charge in [-0.1, -0.05) is 27.7 Å². The van der Waals surface area contributed by atoms with Crippen molar-refractivity contribution in [1.29, 1.82) is 0 Å². The molecule has 1 aromatic rings. The molecule has 1 aromatic heterocycles. The first-order valence-corrected chi connectivity index (χ1v) is 5.94. The van der Waals surface area contributed by atoms with Crippen LogP contribution in [0.25, 0.3) is 0 Å². The highest BCUT2D eigenvalue weighted by Crippen LogP contribution is 2.27. The van der Waals surface area contributed by atoms with Gasteiger partial charge in [0.2, 0.25) is 0 Å². The molecule has 0 bridgehead atoms. The SMILES string of the molecule is CCc1nc(C(C)(C)C)nc(NC)c1Br.